The van der Waals surface area contributed by atoms with E-state index in [0.29, 0.717) is 0 Å². The van der Waals surface area contributed by atoms with Crippen molar-refractivity contribution in [2.45, 2.75) is 0 Å². The molecule has 0 unspecified atom stereocenters. The van der Waals surface area contributed by atoms with Gasteiger partial charge in [0, 0.05) is 44.2 Å². The van der Waals surface area contributed by atoms with E-state index in [1.807, 2.05) is 12.1 Å². The van der Waals surface area contributed by atoms with Crippen LogP contribution in [0.3, 0.4) is 0 Å². The Kier molecular flexibility index (Phi) is 8.17. The Morgan fingerprint density at radius 3 is 1.61 bits per heavy atom. The van der Waals surface area contributed by atoms with Gasteiger partial charge in [-0.2, -0.15) is 0 Å². The maximum absolute atomic E-state index is 6.26. The zero-order valence-electron chi connectivity index (χ0n) is 33.2. The molecular formula is C58H38N2O. The van der Waals surface area contributed by atoms with Gasteiger partial charge in [0.1, 0.15) is 11.2 Å². The van der Waals surface area contributed by atoms with Gasteiger partial charge in [-0.1, -0.05) is 164 Å². The van der Waals surface area contributed by atoms with Gasteiger partial charge in [-0.25, -0.2) is 0 Å². The summed E-state index contributed by atoms with van der Waals surface area (Å²) in [5.41, 5.74) is 15.6. The SMILES string of the molecule is c1cc(-c2cccc3ccccc23)cc(N(c2ccc(-c3ccccc3-n3c4ccccc4c4ccccc43)cc2)c2ccc(-c3cccc4oc5ccccc5c34)cc2)c1. The summed E-state index contributed by atoms with van der Waals surface area (Å²) in [4.78, 5) is 2.37. The summed E-state index contributed by atoms with van der Waals surface area (Å²) in [6, 6.07) is 82.9. The fourth-order valence-electron chi connectivity index (χ4n) is 9.43. The number of nitrogens with zero attached hydrogens (tertiary/aromatic N) is 2. The minimum Gasteiger partial charge on any atom is -0.456 e. The van der Waals surface area contributed by atoms with E-state index in [9.17, 15) is 0 Å². The molecule has 12 aromatic rings. The molecule has 0 bridgehead atoms. The second kappa shape index (κ2) is 14.3. The van der Waals surface area contributed by atoms with Crippen LogP contribution in [0.15, 0.2) is 235 Å². The molecule has 0 N–H and O–H groups in total. The molecule has 286 valence electrons. The maximum Gasteiger partial charge on any atom is 0.136 e. The zero-order valence-corrected chi connectivity index (χ0v) is 33.2. The average Bonchev–Trinajstić information content (AvgIpc) is 3.88. The predicted octanol–water partition coefficient (Wildman–Crippen LogP) is 16.3. The van der Waals surface area contributed by atoms with Crippen molar-refractivity contribution in [3.05, 3.63) is 231 Å². The number of hydrogen-bond donors (Lipinski definition) is 0. The Labute approximate surface area is 353 Å². The van der Waals surface area contributed by atoms with E-state index >= 15 is 0 Å². The molecule has 3 nitrogen and oxygen atoms in total. The lowest BCUT2D eigenvalue weighted by Crippen LogP contribution is -2.10. The van der Waals surface area contributed by atoms with Crippen molar-refractivity contribution in [2.75, 3.05) is 4.90 Å². The monoisotopic (exact) mass is 778 g/mol. The summed E-state index contributed by atoms with van der Waals surface area (Å²) in [7, 11) is 0. The van der Waals surface area contributed by atoms with Gasteiger partial charge >= 0.3 is 0 Å². The van der Waals surface area contributed by atoms with E-state index in [2.05, 4.69) is 228 Å². The van der Waals surface area contributed by atoms with Crippen LogP contribution in [0.1, 0.15) is 0 Å². The van der Waals surface area contributed by atoms with E-state index in [1.54, 1.807) is 0 Å². The van der Waals surface area contributed by atoms with Gasteiger partial charge in [-0.15, -0.1) is 0 Å². The number of furan rings is 1. The van der Waals surface area contributed by atoms with Crippen LogP contribution in [0.2, 0.25) is 0 Å². The normalized spacial score (nSPS) is 11.6. The fourth-order valence-corrected chi connectivity index (χ4v) is 9.43. The summed E-state index contributed by atoms with van der Waals surface area (Å²) < 4.78 is 8.67. The summed E-state index contributed by atoms with van der Waals surface area (Å²) in [5, 5.41) is 7.25. The Bertz CT molecular complexity index is 3530. The van der Waals surface area contributed by atoms with Gasteiger partial charge in [-0.3, -0.25) is 0 Å². The minimum atomic E-state index is 0.898. The van der Waals surface area contributed by atoms with Crippen LogP contribution >= 0.6 is 0 Å². The highest BCUT2D eigenvalue weighted by Gasteiger charge is 2.19. The van der Waals surface area contributed by atoms with Crippen molar-refractivity contribution < 1.29 is 4.42 Å². The molecule has 0 aliphatic heterocycles. The second-order valence-electron chi connectivity index (χ2n) is 15.7. The minimum absolute atomic E-state index is 0.898. The Hall–Kier alpha value is -8.14. The molecule has 0 fully saturated rings. The molecule has 12 rings (SSSR count). The Morgan fingerprint density at radius 2 is 0.852 bits per heavy atom. The third-order valence-corrected chi connectivity index (χ3v) is 12.2. The lowest BCUT2D eigenvalue weighted by molar-refractivity contribution is 0.669. The quantitative estimate of drug-likeness (QED) is 0.161. The number of fused-ring (bicyclic) bond motifs is 7. The third kappa shape index (κ3) is 5.82. The molecule has 2 aromatic heterocycles. The topological polar surface area (TPSA) is 21.3 Å². The van der Waals surface area contributed by atoms with E-state index < -0.39 is 0 Å². The molecule has 10 aromatic carbocycles. The molecule has 3 heteroatoms. The van der Waals surface area contributed by atoms with E-state index in [-0.39, 0.29) is 0 Å². The van der Waals surface area contributed by atoms with Gasteiger partial charge in [0.05, 0.1) is 16.7 Å². The van der Waals surface area contributed by atoms with Crippen molar-refractivity contribution in [1.82, 2.24) is 4.57 Å². The highest BCUT2D eigenvalue weighted by Crippen LogP contribution is 2.42. The number of benzene rings is 10. The number of hydrogen-bond acceptors (Lipinski definition) is 2. The maximum atomic E-state index is 6.26. The first kappa shape index (κ1) is 34.9. The van der Waals surface area contributed by atoms with Crippen molar-refractivity contribution in [3.8, 4) is 39.1 Å². The van der Waals surface area contributed by atoms with E-state index in [4.69, 9.17) is 4.42 Å². The van der Waals surface area contributed by atoms with Gasteiger partial charge in [0.15, 0.2) is 0 Å². The highest BCUT2D eigenvalue weighted by atomic mass is 16.3. The van der Waals surface area contributed by atoms with Crippen LogP contribution in [-0.2, 0) is 0 Å². The molecular weight excluding hydrogens is 741 g/mol. The first-order chi connectivity index (χ1) is 30.3. The summed E-state index contributed by atoms with van der Waals surface area (Å²) in [5.74, 6) is 0. The van der Waals surface area contributed by atoms with E-state index in [1.165, 1.54) is 49.3 Å². The largest absolute Gasteiger partial charge is 0.456 e. The average molecular weight is 779 g/mol. The highest BCUT2D eigenvalue weighted by molar-refractivity contribution is 6.13. The smallest absolute Gasteiger partial charge is 0.136 e. The van der Waals surface area contributed by atoms with Crippen molar-refractivity contribution in [1.29, 1.82) is 0 Å². The lowest BCUT2D eigenvalue weighted by Gasteiger charge is -2.27. The zero-order chi connectivity index (χ0) is 40.3. The summed E-state index contributed by atoms with van der Waals surface area (Å²) in [6.07, 6.45) is 0. The number of para-hydroxylation sites is 4. The molecule has 0 aliphatic carbocycles. The van der Waals surface area contributed by atoms with Crippen LogP contribution in [-0.4, -0.2) is 4.57 Å². The van der Waals surface area contributed by atoms with E-state index in [0.717, 1.165) is 61.4 Å². The Morgan fingerprint density at radius 1 is 0.328 bits per heavy atom. The molecule has 2 heterocycles. The first-order valence-corrected chi connectivity index (χ1v) is 20.8. The Balaban J connectivity index is 0.987. The molecule has 0 spiro atoms. The van der Waals surface area contributed by atoms with Crippen LogP contribution in [0, 0.1) is 0 Å². The van der Waals surface area contributed by atoms with Crippen LogP contribution in [0.5, 0.6) is 0 Å². The summed E-state index contributed by atoms with van der Waals surface area (Å²) >= 11 is 0. The first-order valence-electron chi connectivity index (χ1n) is 20.8. The second-order valence-corrected chi connectivity index (χ2v) is 15.7. The molecule has 0 radical (unpaired) electrons. The van der Waals surface area contributed by atoms with Crippen molar-refractivity contribution in [3.63, 3.8) is 0 Å². The van der Waals surface area contributed by atoms with Crippen molar-refractivity contribution >= 4 is 71.6 Å². The van der Waals surface area contributed by atoms with Crippen molar-refractivity contribution in [2.24, 2.45) is 0 Å². The molecule has 61 heavy (non-hydrogen) atoms. The molecule has 0 saturated carbocycles. The van der Waals surface area contributed by atoms with Crippen LogP contribution in [0.25, 0.3) is 93.6 Å². The fraction of sp³-hybridized carbons (Fsp3) is 0. The van der Waals surface area contributed by atoms with Crippen LogP contribution in [0.4, 0.5) is 17.1 Å². The number of anilines is 3. The van der Waals surface area contributed by atoms with Gasteiger partial charge in [-0.05, 0) is 105 Å². The lowest BCUT2D eigenvalue weighted by atomic mass is 9.97. The third-order valence-electron chi connectivity index (χ3n) is 12.2. The van der Waals surface area contributed by atoms with Gasteiger partial charge < -0.3 is 13.9 Å². The number of aromatic nitrogens is 1. The van der Waals surface area contributed by atoms with Gasteiger partial charge in [0.2, 0.25) is 0 Å². The standard InChI is InChI=1S/C58H38N2O/c1-2-18-46-39(14-1)15-12-23-47(46)42-16-11-17-45(38-42)59(44-36-32-41(33-37-44)49-24-13-29-57-58(49)52-22-6-10-28-56(52)61-57)43-34-30-40(31-35-43)48-19-3-7-25-53(48)60-54-26-8-4-20-50(54)51-21-5-9-27-55(51)60/h1-38H. The summed E-state index contributed by atoms with van der Waals surface area (Å²) in [6.45, 7) is 0. The molecule has 0 aliphatic rings. The predicted molar refractivity (Wildman–Crippen MR) is 257 cm³/mol. The number of rotatable bonds is 7. The van der Waals surface area contributed by atoms with Gasteiger partial charge in [0.25, 0.3) is 0 Å². The molecule has 0 saturated heterocycles. The van der Waals surface area contributed by atoms with Crippen LogP contribution < -0.4 is 4.90 Å². The molecule has 0 atom stereocenters. The molecule has 0 amide bonds.